The van der Waals surface area contributed by atoms with Gasteiger partial charge in [0.2, 0.25) is 0 Å². The van der Waals surface area contributed by atoms with Crippen LogP contribution in [0.5, 0.6) is 5.75 Å². The molecule has 1 fully saturated rings. The molecule has 2 aromatic carbocycles. The van der Waals surface area contributed by atoms with Gasteiger partial charge >= 0.3 is 0 Å². The average molecular weight is 328 g/mol. The smallest absolute Gasteiger partial charge is 0.264 e. The maximum Gasteiger partial charge on any atom is 0.264 e. The van der Waals surface area contributed by atoms with Crippen molar-refractivity contribution in [3.05, 3.63) is 64.3 Å². The number of thioether (sulfide) groups is 1. The molecule has 1 amide bonds. The highest BCUT2D eigenvalue weighted by Gasteiger charge is 2.24. The first-order chi connectivity index (χ1) is 11.0. The molecule has 0 atom stereocenters. The van der Waals surface area contributed by atoms with E-state index in [4.69, 9.17) is 0 Å². The van der Waals surface area contributed by atoms with Gasteiger partial charge in [0.05, 0.1) is 10.6 Å². The van der Waals surface area contributed by atoms with Crippen LogP contribution in [0.2, 0.25) is 0 Å². The molecule has 1 aliphatic heterocycles. The fourth-order valence-corrected chi connectivity index (χ4v) is 2.88. The normalized spacial score (nSPS) is 17.7. The van der Waals surface area contributed by atoms with Gasteiger partial charge in [-0.25, -0.2) is 9.38 Å². The van der Waals surface area contributed by atoms with Crippen LogP contribution in [0, 0.1) is 12.7 Å². The zero-order valence-corrected chi connectivity index (χ0v) is 13.0. The Morgan fingerprint density at radius 1 is 1.26 bits per heavy atom. The highest BCUT2D eigenvalue weighted by Crippen LogP contribution is 2.29. The molecule has 2 N–H and O–H groups in total. The minimum atomic E-state index is -0.725. The first kappa shape index (κ1) is 15.3. The van der Waals surface area contributed by atoms with Crippen molar-refractivity contribution in [1.82, 2.24) is 5.32 Å². The van der Waals surface area contributed by atoms with Crippen LogP contribution >= 0.6 is 11.8 Å². The molecule has 0 saturated carbocycles. The maximum absolute atomic E-state index is 13.3. The predicted octanol–water partition coefficient (Wildman–Crippen LogP) is 3.73. The van der Waals surface area contributed by atoms with E-state index in [9.17, 15) is 14.3 Å². The number of amides is 1. The second kappa shape index (κ2) is 6.26. The lowest BCUT2D eigenvalue weighted by Gasteiger charge is -1.99. The van der Waals surface area contributed by atoms with Crippen molar-refractivity contribution < 1.29 is 14.3 Å². The summed E-state index contributed by atoms with van der Waals surface area (Å²) in [7, 11) is 0. The zero-order chi connectivity index (χ0) is 16.4. The number of aryl methyl sites for hydroxylation is 1. The Morgan fingerprint density at radius 3 is 2.78 bits per heavy atom. The van der Waals surface area contributed by atoms with Gasteiger partial charge in [-0.05, 0) is 54.1 Å². The van der Waals surface area contributed by atoms with Crippen LogP contribution in [0.25, 0.3) is 6.08 Å². The molecule has 23 heavy (non-hydrogen) atoms. The third-order valence-corrected chi connectivity index (χ3v) is 4.17. The van der Waals surface area contributed by atoms with Crippen molar-refractivity contribution in [2.45, 2.75) is 6.92 Å². The number of rotatable bonds is 2. The monoisotopic (exact) mass is 328 g/mol. The summed E-state index contributed by atoms with van der Waals surface area (Å²) in [6, 6.07) is 11.6. The van der Waals surface area contributed by atoms with E-state index in [-0.39, 0.29) is 5.91 Å². The standard InChI is InChI=1S/C17H13FN2O2S/c1-10-4-2-3-5-13(10)19-17-20-16(22)15(23-17)9-11-6-7-14(21)12(18)8-11/h2-9,21H,1H3,(H,19,20,22)/b15-9-. The van der Waals surface area contributed by atoms with Gasteiger partial charge in [0, 0.05) is 0 Å². The van der Waals surface area contributed by atoms with E-state index < -0.39 is 11.6 Å². The van der Waals surface area contributed by atoms with Crippen LogP contribution in [-0.2, 0) is 4.79 Å². The summed E-state index contributed by atoms with van der Waals surface area (Å²) in [5.74, 6) is -1.43. The molecule has 0 spiro atoms. The fourth-order valence-electron chi connectivity index (χ4n) is 2.04. The molecule has 0 bridgehead atoms. The molecule has 0 aromatic heterocycles. The Labute approximate surface area is 136 Å². The summed E-state index contributed by atoms with van der Waals surface area (Å²) < 4.78 is 13.3. The Bertz CT molecular complexity index is 846. The van der Waals surface area contributed by atoms with Crippen molar-refractivity contribution in [2.75, 3.05) is 0 Å². The number of phenols is 1. The Kier molecular flexibility index (Phi) is 4.16. The van der Waals surface area contributed by atoms with Crippen LogP contribution in [0.1, 0.15) is 11.1 Å². The van der Waals surface area contributed by atoms with Crippen LogP contribution in [0.15, 0.2) is 52.4 Å². The van der Waals surface area contributed by atoms with Gasteiger partial charge in [0.25, 0.3) is 5.91 Å². The minimum Gasteiger partial charge on any atom is -0.505 e. The molecule has 2 aromatic rings. The van der Waals surface area contributed by atoms with Gasteiger partial charge in [-0.1, -0.05) is 24.3 Å². The van der Waals surface area contributed by atoms with E-state index in [0.717, 1.165) is 11.3 Å². The number of hydrogen-bond donors (Lipinski definition) is 2. The number of nitrogens with zero attached hydrogens (tertiary/aromatic N) is 1. The van der Waals surface area contributed by atoms with E-state index in [1.807, 2.05) is 31.2 Å². The molecule has 1 heterocycles. The lowest BCUT2D eigenvalue weighted by atomic mass is 10.2. The molecule has 1 aliphatic rings. The summed E-state index contributed by atoms with van der Waals surface area (Å²) in [5.41, 5.74) is 2.29. The van der Waals surface area contributed by atoms with Crippen molar-refractivity contribution in [2.24, 2.45) is 4.99 Å². The summed E-state index contributed by atoms with van der Waals surface area (Å²) in [6.45, 7) is 1.94. The van der Waals surface area contributed by atoms with Crippen LogP contribution in [-0.4, -0.2) is 16.2 Å². The van der Waals surface area contributed by atoms with Crippen molar-refractivity contribution in [3.63, 3.8) is 0 Å². The number of aliphatic imine (C=N–C) groups is 1. The van der Waals surface area contributed by atoms with Gasteiger partial charge in [0.1, 0.15) is 0 Å². The van der Waals surface area contributed by atoms with Crippen LogP contribution in [0.3, 0.4) is 0 Å². The van der Waals surface area contributed by atoms with Crippen molar-refractivity contribution in [3.8, 4) is 5.75 Å². The number of phenolic OH excluding ortho intramolecular Hbond substituents is 1. The van der Waals surface area contributed by atoms with E-state index in [1.54, 1.807) is 6.08 Å². The topological polar surface area (TPSA) is 61.7 Å². The summed E-state index contributed by atoms with van der Waals surface area (Å²) >= 11 is 1.19. The van der Waals surface area contributed by atoms with E-state index in [1.165, 1.54) is 30.0 Å². The first-order valence-corrected chi connectivity index (χ1v) is 7.68. The molecule has 4 nitrogen and oxygen atoms in total. The second-order valence-corrected chi connectivity index (χ2v) is 6.01. The number of amidine groups is 1. The van der Waals surface area contributed by atoms with Gasteiger partial charge < -0.3 is 10.4 Å². The largest absolute Gasteiger partial charge is 0.505 e. The molecule has 0 aliphatic carbocycles. The zero-order valence-electron chi connectivity index (χ0n) is 12.2. The number of nitrogens with one attached hydrogen (secondary N) is 1. The van der Waals surface area contributed by atoms with Crippen molar-refractivity contribution >= 4 is 34.6 Å². The van der Waals surface area contributed by atoms with E-state index in [0.29, 0.717) is 15.6 Å². The number of benzene rings is 2. The lowest BCUT2D eigenvalue weighted by Crippen LogP contribution is -2.19. The fraction of sp³-hybridized carbons (Fsp3) is 0.0588. The highest BCUT2D eigenvalue weighted by atomic mass is 32.2. The number of halogens is 1. The number of carbonyl (C=O) groups is 1. The summed E-state index contributed by atoms with van der Waals surface area (Å²) in [4.78, 5) is 16.8. The molecular weight excluding hydrogens is 315 g/mol. The number of para-hydroxylation sites is 1. The third kappa shape index (κ3) is 3.43. The molecule has 0 unspecified atom stereocenters. The summed E-state index contributed by atoms with van der Waals surface area (Å²) in [5, 5.41) is 12.4. The molecule has 1 saturated heterocycles. The SMILES string of the molecule is Cc1ccccc1/N=C1/NC(=O)/C(=C/c2ccc(O)c(F)c2)S1. The average Bonchev–Trinajstić information content (AvgIpc) is 2.85. The van der Waals surface area contributed by atoms with Gasteiger partial charge in [-0.2, -0.15) is 0 Å². The second-order valence-electron chi connectivity index (χ2n) is 4.98. The third-order valence-electron chi connectivity index (χ3n) is 3.26. The Morgan fingerprint density at radius 2 is 2.04 bits per heavy atom. The predicted molar refractivity (Wildman–Crippen MR) is 90.0 cm³/mol. The molecule has 6 heteroatoms. The number of aromatic hydroxyl groups is 1. The summed E-state index contributed by atoms with van der Waals surface area (Å²) in [6.07, 6.45) is 1.56. The highest BCUT2D eigenvalue weighted by molar-refractivity contribution is 8.18. The molecular formula is C17H13FN2O2S. The van der Waals surface area contributed by atoms with Crippen LogP contribution < -0.4 is 5.32 Å². The Hall–Kier alpha value is -2.60. The van der Waals surface area contributed by atoms with Gasteiger partial charge in [0.15, 0.2) is 16.7 Å². The number of carbonyl (C=O) groups excluding carboxylic acids is 1. The minimum absolute atomic E-state index is 0.282. The molecule has 0 radical (unpaired) electrons. The lowest BCUT2D eigenvalue weighted by molar-refractivity contribution is -0.115. The van der Waals surface area contributed by atoms with Gasteiger partial charge in [-0.15, -0.1) is 0 Å². The maximum atomic E-state index is 13.3. The first-order valence-electron chi connectivity index (χ1n) is 6.86. The van der Waals surface area contributed by atoms with Crippen LogP contribution in [0.4, 0.5) is 10.1 Å². The molecule has 3 rings (SSSR count). The van der Waals surface area contributed by atoms with Gasteiger partial charge in [-0.3, -0.25) is 4.79 Å². The van der Waals surface area contributed by atoms with E-state index >= 15 is 0 Å². The van der Waals surface area contributed by atoms with E-state index in [2.05, 4.69) is 10.3 Å². The Balaban J connectivity index is 1.86. The quantitative estimate of drug-likeness (QED) is 0.826. The van der Waals surface area contributed by atoms with Crippen molar-refractivity contribution in [1.29, 1.82) is 0 Å². The number of hydrogen-bond acceptors (Lipinski definition) is 4. The molecule has 116 valence electrons.